The largest absolute Gasteiger partial charge is 0.493 e. The number of amides is 1. The number of hydrogen-bond donors (Lipinski definition) is 1. The Kier molecular flexibility index (Phi) is 6.11. The SMILES string of the molecule is COc1cc(NC(=O)CCc2c(C)nn(-c3ccc4nncn4n3)c2C)cc(OC)c1OC. The molecule has 0 radical (unpaired) electrons. The van der Waals surface area contributed by atoms with Gasteiger partial charge in [0, 0.05) is 29.9 Å². The molecule has 0 bridgehead atoms. The lowest BCUT2D eigenvalue weighted by Crippen LogP contribution is -2.13. The van der Waals surface area contributed by atoms with Crippen LogP contribution in [0.1, 0.15) is 23.4 Å². The second-order valence-corrected chi connectivity index (χ2v) is 7.35. The molecule has 0 spiro atoms. The van der Waals surface area contributed by atoms with E-state index in [4.69, 9.17) is 14.2 Å². The zero-order chi connectivity index (χ0) is 23.5. The van der Waals surface area contributed by atoms with E-state index in [1.54, 1.807) is 27.7 Å². The number of ether oxygens (including phenoxy) is 3. The van der Waals surface area contributed by atoms with Crippen molar-refractivity contribution in [2.45, 2.75) is 26.7 Å². The summed E-state index contributed by atoms with van der Waals surface area (Å²) in [5.74, 6) is 1.92. The molecule has 0 aliphatic heterocycles. The minimum absolute atomic E-state index is 0.139. The molecule has 11 nitrogen and oxygen atoms in total. The number of nitrogens with one attached hydrogen (secondary N) is 1. The third kappa shape index (κ3) is 4.29. The van der Waals surface area contributed by atoms with Crippen LogP contribution in [0.15, 0.2) is 30.6 Å². The highest BCUT2D eigenvalue weighted by atomic mass is 16.5. The lowest BCUT2D eigenvalue weighted by molar-refractivity contribution is -0.116. The van der Waals surface area contributed by atoms with Gasteiger partial charge in [0.15, 0.2) is 23.0 Å². The Morgan fingerprint density at radius 3 is 2.42 bits per heavy atom. The maximum absolute atomic E-state index is 12.7. The first-order chi connectivity index (χ1) is 15.9. The highest BCUT2D eigenvalue weighted by Crippen LogP contribution is 2.40. The van der Waals surface area contributed by atoms with Crippen LogP contribution < -0.4 is 19.5 Å². The summed E-state index contributed by atoms with van der Waals surface area (Å²) in [7, 11) is 4.59. The van der Waals surface area contributed by atoms with Gasteiger partial charge in [-0.2, -0.15) is 9.61 Å². The van der Waals surface area contributed by atoms with Crippen molar-refractivity contribution in [2.24, 2.45) is 0 Å². The molecule has 172 valence electrons. The fraction of sp³-hybridized carbons (Fsp3) is 0.318. The first kappa shape index (κ1) is 22.1. The third-order valence-corrected chi connectivity index (χ3v) is 5.36. The summed E-state index contributed by atoms with van der Waals surface area (Å²) < 4.78 is 19.4. The van der Waals surface area contributed by atoms with Gasteiger partial charge in [-0.3, -0.25) is 4.79 Å². The number of methoxy groups -OCH3 is 3. The topological polar surface area (TPSA) is 118 Å². The van der Waals surface area contributed by atoms with Crippen LogP contribution in [0.25, 0.3) is 11.5 Å². The number of benzene rings is 1. The lowest BCUT2D eigenvalue weighted by Gasteiger charge is -2.14. The van der Waals surface area contributed by atoms with Gasteiger partial charge in [-0.25, -0.2) is 4.68 Å². The predicted octanol–water partition coefficient (Wildman–Crippen LogP) is 2.52. The molecule has 0 fully saturated rings. The number of carbonyl (C=O) groups excluding carboxylic acids is 1. The second kappa shape index (κ2) is 9.15. The monoisotopic (exact) mass is 451 g/mol. The van der Waals surface area contributed by atoms with Crippen molar-refractivity contribution in [3.63, 3.8) is 0 Å². The molecule has 4 rings (SSSR count). The average molecular weight is 451 g/mol. The number of nitrogens with zero attached hydrogens (tertiary/aromatic N) is 6. The van der Waals surface area contributed by atoms with Crippen LogP contribution in [0.4, 0.5) is 5.69 Å². The van der Waals surface area contributed by atoms with Crippen LogP contribution in [0.2, 0.25) is 0 Å². The van der Waals surface area contributed by atoms with E-state index >= 15 is 0 Å². The Bertz CT molecular complexity index is 1290. The smallest absolute Gasteiger partial charge is 0.224 e. The summed E-state index contributed by atoms with van der Waals surface area (Å²) >= 11 is 0. The van der Waals surface area contributed by atoms with Crippen LogP contribution in [0.3, 0.4) is 0 Å². The molecule has 4 aromatic rings. The summed E-state index contributed by atoms with van der Waals surface area (Å²) in [6.45, 7) is 3.89. The maximum Gasteiger partial charge on any atom is 0.224 e. The number of rotatable bonds is 8. The Balaban J connectivity index is 1.49. The molecule has 0 aliphatic rings. The van der Waals surface area contributed by atoms with Crippen molar-refractivity contribution in [3.8, 4) is 23.1 Å². The molecular weight excluding hydrogens is 426 g/mol. The highest BCUT2D eigenvalue weighted by Gasteiger charge is 2.17. The molecule has 0 saturated heterocycles. The van der Waals surface area contributed by atoms with E-state index in [0.29, 0.717) is 40.8 Å². The van der Waals surface area contributed by atoms with Crippen LogP contribution in [0.5, 0.6) is 17.2 Å². The first-order valence-corrected chi connectivity index (χ1v) is 10.3. The predicted molar refractivity (Wildman–Crippen MR) is 120 cm³/mol. The third-order valence-electron chi connectivity index (χ3n) is 5.36. The number of aryl methyl sites for hydroxylation is 1. The van der Waals surface area contributed by atoms with Gasteiger partial charge in [0.25, 0.3) is 0 Å². The number of aromatic nitrogens is 6. The van der Waals surface area contributed by atoms with Gasteiger partial charge in [-0.15, -0.1) is 15.3 Å². The van der Waals surface area contributed by atoms with E-state index in [9.17, 15) is 4.79 Å². The maximum atomic E-state index is 12.7. The summed E-state index contributed by atoms with van der Waals surface area (Å²) in [6, 6.07) is 7.06. The van der Waals surface area contributed by atoms with Gasteiger partial charge in [-0.05, 0) is 38.0 Å². The van der Waals surface area contributed by atoms with Crippen molar-refractivity contribution in [3.05, 3.63) is 47.5 Å². The summed E-state index contributed by atoms with van der Waals surface area (Å²) in [5.41, 5.74) is 3.99. The number of carbonyl (C=O) groups is 1. The molecule has 3 heterocycles. The van der Waals surface area contributed by atoms with Crippen molar-refractivity contribution < 1.29 is 19.0 Å². The van der Waals surface area contributed by atoms with Crippen molar-refractivity contribution in [1.29, 1.82) is 0 Å². The van der Waals surface area contributed by atoms with Gasteiger partial charge in [-0.1, -0.05) is 0 Å². The van der Waals surface area contributed by atoms with E-state index < -0.39 is 0 Å². The number of anilines is 1. The van der Waals surface area contributed by atoms with Gasteiger partial charge >= 0.3 is 0 Å². The zero-order valence-corrected chi connectivity index (χ0v) is 19.1. The van der Waals surface area contributed by atoms with Gasteiger partial charge in [0.05, 0.1) is 27.0 Å². The summed E-state index contributed by atoms with van der Waals surface area (Å²) in [5, 5.41) is 19.8. The summed E-state index contributed by atoms with van der Waals surface area (Å²) in [4.78, 5) is 12.7. The normalized spacial score (nSPS) is 10.9. The van der Waals surface area contributed by atoms with Crippen LogP contribution in [-0.4, -0.2) is 56.8 Å². The van der Waals surface area contributed by atoms with Crippen molar-refractivity contribution in [1.82, 2.24) is 29.6 Å². The summed E-state index contributed by atoms with van der Waals surface area (Å²) in [6.07, 6.45) is 2.35. The lowest BCUT2D eigenvalue weighted by atomic mass is 10.1. The van der Waals surface area contributed by atoms with Crippen LogP contribution in [-0.2, 0) is 11.2 Å². The molecule has 0 saturated carbocycles. The Morgan fingerprint density at radius 2 is 1.76 bits per heavy atom. The van der Waals surface area contributed by atoms with E-state index in [1.807, 2.05) is 26.0 Å². The molecule has 0 aliphatic carbocycles. The molecular formula is C22H25N7O4. The fourth-order valence-electron chi connectivity index (χ4n) is 3.71. The van der Waals surface area contributed by atoms with Gasteiger partial charge in [0.1, 0.15) is 6.33 Å². The Morgan fingerprint density at radius 1 is 1.03 bits per heavy atom. The van der Waals surface area contributed by atoms with Gasteiger partial charge in [0.2, 0.25) is 11.7 Å². The molecule has 0 atom stereocenters. The van der Waals surface area contributed by atoms with Crippen LogP contribution >= 0.6 is 0 Å². The second-order valence-electron chi connectivity index (χ2n) is 7.35. The number of hydrogen-bond acceptors (Lipinski definition) is 8. The fourth-order valence-corrected chi connectivity index (χ4v) is 3.71. The average Bonchev–Trinajstić information content (AvgIpc) is 3.40. The molecule has 1 aromatic carbocycles. The van der Waals surface area contributed by atoms with Crippen LogP contribution in [0, 0.1) is 13.8 Å². The molecule has 1 amide bonds. The molecule has 0 unspecified atom stereocenters. The highest BCUT2D eigenvalue weighted by molar-refractivity contribution is 5.91. The van der Waals surface area contributed by atoms with E-state index in [-0.39, 0.29) is 12.3 Å². The molecule has 33 heavy (non-hydrogen) atoms. The molecule has 3 aromatic heterocycles. The van der Waals surface area contributed by atoms with E-state index in [2.05, 4.69) is 25.7 Å². The van der Waals surface area contributed by atoms with E-state index in [0.717, 1.165) is 17.0 Å². The number of fused-ring (bicyclic) bond motifs is 1. The van der Waals surface area contributed by atoms with Crippen molar-refractivity contribution >= 4 is 17.2 Å². The molecule has 1 N–H and O–H groups in total. The standard InChI is InChI=1S/C22H25N7O4/c1-13-16(14(2)29(26-13)20-8-7-19-25-23-12-28(19)27-20)6-9-21(30)24-15-10-17(31-3)22(33-5)18(11-15)32-4/h7-8,10-12H,6,9H2,1-5H3,(H,24,30). The van der Waals surface area contributed by atoms with Gasteiger partial charge < -0.3 is 19.5 Å². The quantitative estimate of drug-likeness (QED) is 0.434. The molecule has 11 heteroatoms. The Labute approximate surface area is 190 Å². The minimum Gasteiger partial charge on any atom is -0.493 e. The van der Waals surface area contributed by atoms with E-state index in [1.165, 1.54) is 21.3 Å². The zero-order valence-electron chi connectivity index (χ0n) is 19.1. The minimum atomic E-state index is -0.139. The first-order valence-electron chi connectivity index (χ1n) is 10.3. The Hall–Kier alpha value is -4.15. The van der Waals surface area contributed by atoms with Crippen molar-refractivity contribution in [2.75, 3.05) is 26.6 Å².